The first kappa shape index (κ1) is 16.5. The van der Waals surface area contributed by atoms with Crippen molar-refractivity contribution in [3.8, 4) is 0 Å². The molecule has 2 N–H and O–H groups in total. The summed E-state index contributed by atoms with van der Waals surface area (Å²) in [4.78, 5) is 23.7. The number of carbonyl (C=O) groups is 2. The molecule has 0 heterocycles. The standard InChI is InChI=1S/C17H22FNO3/c1-2-5-12(15(20)21)11-19-16(22)17(8-4-9-17)13-6-3-7-14(18)10-13/h3,6-7,10,12H,2,4-5,8-9,11H2,1H3,(H,19,22)(H,20,21). The highest BCUT2D eigenvalue weighted by Gasteiger charge is 2.45. The van der Waals surface area contributed by atoms with Gasteiger partial charge in [-0.25, -0.2) is 4.39 Å². The average molecular weight is 307 g/mol. The van der Waals surface area contributed by atoms with E-state index in [4.69, 9.17) is 5.11 Å². The minimum Gasteiger partial charge on any atom is -0.481 e. The molecule has 0 saturated heterocycles. The topological polar surface area (TPSA) is 66.4 Å². The van der Waals surface area contributed by atoms with E-state index in [1.165, 1.54) is 12.1 Å². The maximum Gasteiger partial charge on any atom is 0.308 e. The average Bonchev–Trinajstić information content (AvgIpc) is 2.42. The Kier molecular flexibility index (Phi) is 5.16. The van der Waals surface area contributed by atoms with Crippen LogP contribution in [0.2, 0.25) is 0 Å². The normalized spacial score (nSPS) is 17.4. The van der Waals surface area contributed by atoms with Gasteiger partial charge in [-0.05, 0) is 37.0 Å². The number of carbonyl (C=O) groups excluding carboxylic acids is 1. The second kappa shape index (κ2) is 6.90. The summed E-state index contributed by atoms with van der Waals surface area (Å²) in [5.74, 6) is -2.01. The molecule has 1 saturated carbocycles. The number of carboxylic acids is 1. The molecule has 0 aliphatic heterocycles. The Morgan fingerprint density at radius 2 is 2.14 bits per heavy atom. The molecule has 2 rings (SSSR count). The van der Waals surface area contributed by atoms with Gasteiger partial charge in [0.05, 0.1) is 11.3 Å². The first-order valence-electron chi connectivity index (χ1n) is 7.77. The molecule has 5 heteroatoms. The van der Waals surface area contributed by atoms with Gasteiger partial charge in [0, 0.05) is 6.54 Å². The summed E-state index contributed by atoms with van der Waals surface area (Å²) in [7, 11) is 0. The number of carboxylic acid groups (broad SMARTS) is 1. The Balaban J connectivity index is 2.08. The van der Waals surface area contributed by atoms with Crippen molar-refractivity contribution in [3.63, 3.8) is 0 Å². The summed E-state index contributed by atoms with van der Waals surface area (Å²) < 4.78 is 13.4. The van der Waals surface area contributed by atoms with Gasteiger partial charge in [0.2, 0.25) is 5.91 Å². The first-order valence-corrected chi connectivity index (χ1v) is 7.77. The van der Waals surface area contributed by atoms with Crippen LogP contribution in [0.3, 0.4) is 0 Å². The van der Waals surface area contributed by atoms with Gasteiger partial charge in [0.1, 0.15) is 5.82 Å². The summed E-state index contributed by atoms with van der Waals surface area (Å²) >= 11 is 0. The smallest absolute Gasteiger partial charge is 0.308 e. The fourth-order valence-corrected chi connectivity index (χ4v) is 3.01. The first-order chi connectivity index (χ1) is 10.5. The van der Waals surface area contributed by atoms with Crippen molar-refractivity contribution < 1.29 is 19.1 Å². The van der Waals surface area contributed by atoms with E-state index in [0.717, 1.165) is 12.8 Å². The lowest BCUT2D eigenvalue weighted by atomic mass is 9.63. The van der Waals surface area contributed by atoms with E-state index in [9.17, 15) is 14.0 Å². The molecule has 1 atom stereocenters. The molecule has 0 radical (unpaired) electrons. The fraction of sp³-hybridized carbons (Fsp3) is 0.529. The summed E-state index contributed by atoms with van der Waals surface area (Å²) in [5, 5.41) is 11.9. The van der Waals surface area contributed by atoms with Crippen LogP contribution in [0.25, 0.3) is 0 Å². The minimum atomic E-state index is -0.893. The van der Waals surface area contributed by atoms with Crippen LogP contribution < -0.4 is 5.32 Å². The van der Waals surface area contributed by atoms with Crippen LogP contribution in [0.4, 0.5) is 4.39 Å². The van der Waals surface area contributed by atoms with Crippen LogP contribution in [-0.4, -0.2) is 23.5 Å². The van der Waals surface area contributed by atoms with Gasteiger partial charge < -0.3 is 10.4 Å². The molecular formula is C17H22FNO3. The Hall–Kier alpha value is -1.91. The Morgan fingerprint density at radius 1 is 1.41 bits per heavy atom. The highest BCUT2D eigenvalue weighted by Crippen LogP contribution is 2.44. The summed E-state index contributed by atoms with van der Waals surface area (Å²) in [5.41, 5.74) is -0.0178. The molecule has 120 valence electrons. The van der Waals surface area contributed by atoms with Gasteiger partial charge in [-0.15, -0.1) is 0 Å². The third kappa shape index (κ3) is 3.29. The van der Waals surface area contributed by atoms with E-state index in [0.29, 0.717) is 24.8 Å². The van der Waals surface area contributed by atoms with Crippen molar-refractivity contribution in [1.82, 2.24) is 5.32 Å². The Labute approximate surface area is 129 Å². The number of hydrogen-bond acceptors (Lipinski definition) is 2. The predicted molar refractivity (Wildman–Crippen MR) is 81.0 cm³/mol. The summed E-state index contributed by atoms with van der Waals surface area (Å²) in [6.45, 7) is 2.04. The maximum absolute atomic E-state index is 13.4. The number of benzene rings is 1. The Bertz CT molecular complexity index is 555. The van der Waals surface area contributed by atoms with Gasteiger partial charge in [-0.1, -0.05) is 31.9 Å². The largest absolute Gasteiger partial charge is 0.481 e. The molecule has 1 aliphatic carbocycles. The summed E-state index contributed by atoms with van der Waals surface area (Å²) in [6, 6.07) is 6.13. The number of hydrogen-bond donors (Lipinski definition) is 2. The lowest BCUT2D eigenvalue weighted by Gasteiger charge is -2.41. The number of nitrogens with one attached hydrogen (secondary N) is 1. The lowest BCUT2D eigenvalue weighted by Crippen LogP contribution is -2.50. The van der Waals surface area contributed by atoms with Crippen molar-refractivity contribution in [2.75, 3.05) is 6.54 Å². The Morgan fingerprint density at radius 3 is 2.64 bits per heavy atom. The molecule has 1 aromatic rings. The number of halogens is 1. The summed E-state index contributed by atoms with van der Waals surface area (Å²) in [6.07, 6.45) is 3.55. The van der Waals surface area contributed by atoms with Gasteiger partial charge in [0.15, 0.2) is 0 Å². The van der Waals surface area contributed by atoms with Gasteiger partial charge in [-0.3, -0.25) is 9.59 Å². The number of rotatable bonds is 7. The lowest BCUT2D eigenvalue weighted by molar-refractivity contribution is -0.142. The maximum atomic E-state index is 13.4. The second-order valence-electron chi connectivity index (χ2n) is 5.98. The molecule has 22 heavy (non-hydrogen) atoms. The molecule has 4 nitrogen and oxygen atoms in total. The third-order valence-electron chi connectivity index (χ3n) is 4.51. The van der Waals surface area contributed by atoms with Gasteiger partial charge in [0.25, 0.3) is 0 Å². The molecule has 1 amide bonds. The predicted octanol–water partition coefficient (Wildman–Crippen LogP) is 2.86. The molecular weight excluding hydrogens is 285 g/mol. The monoisotopic (exact) mass is 307 g/mol. The SMILES string of the molecule is CCCC(CNC(=O)C1(c2cccc(F)c2)CCC1)C(=O)O. The highest BCUT2D eigenvalue weighted by molar-refractivity contribution is 5.89. The van der Waals surface area contributed by atoms with Gasteiger partial charge >= 0.3 is 5.97 Å². The van der Waals surface area contributed by atoms with Crippen LogP contribution in [0, 0.1) is 11.7 Å². The molecule has 0 aromatic heterocycles. The van der Waals surface area contributed by atoms with Crippen LogP contribution in [0.5, 0.6) is 0 Å². The van der Waals surface area contributed by atoms with Crippen molar-refractivity contribution >= 4 is 11.9 Å². The fourth-order valence-electron chi connectivity index (χ4n) is 3.01. The molecule has 1 aliphatic rings. The third-order valence-corrected chi connectivity index (χ3v) is 4.51. The van der Waals surface area contributed by atoms with Gasteiger partial charge in [-0.2, -0.15) is 0 Å². The van der Waals surface area contributed by atoms with Crippen molar-refractivity contribution in [2.45, 2.75) is 44.4 Å². The zero-order valence-electron chi connectivity index (χ0n) is 12.8. The van der Waals surface area contributed by atoms with E-state index in [-0.39, 0.29) is 18.3 Å². The van der Waals surface area contributed by atoms with E-state index in [1.807, 2.05) is 6.92 Å². The van der Waals surface area contributed by atoms with Crippen molar-refractivity contribution in [1.29, 1.82) is 0 Å². The van der Waals surface area contributed by atoms with E-state index in [1.54, 1.807) is 12.1 Å². The van der Waals surface area contributed by atoms with E-state index < -0.39 is 17.3 Å². The van der Waals surface area contributed by atoms with Crippen molar-refractivity contribution in [2.24, 2.45) is 5.92 Å². The molecule has 0 spiro atoms. The second-order valence-corrected chi connectivity index (χ2v) is 5.98. The highest BCUT2D eigenvalue weighted by atomic mass is 19.1. The van der Waals surface area contributed by atoms with Crippen LogP contribution in [-0.2, 0) is 15.0 Å². The van der Waals surface area contributed by atoms with Crippen LogP contribution in [0.1, 0.15) is 44.6 Å². The molecule has 1 fully saturated rings. The van der Waals surface area contributed by atoms with Crippen molar-refractivity contribution in [3.05, 3.63) is 35.6 Å². The molecule has 1 aromatic carbocycles. The van der Waals surface area contributed by atoms with E-state index >= 15 is 0 Å². The number of aliphatic carboxylic acids is 1. The zero-order valence-corrected chi connectivity index (χ0v) is 12.8. The zero-order chi connectivity index (χ0) is 16.2. The molecule has 1 unspecified atom stereocenters. The van der Waals surface area contributed by atoms with Crippen LogP contribution in [0.15, 0.2) is 24.3 Å². The van der Waals surface area contributed by atoms with Crippen LogP contribution >= 0.6 is 0 Å². The minimum absolute atomic E-state index is 0.124. The number of amides is 1. The van der Waals surface area contributed by atoms with E-state index in [2.05, 4.69) is 5.32 Å². The molecule has 0 bridgehead atoms. The quantitative estimate of drug-likeness (QED) is 0.814.